The Labute approximate surface area is 105 Å². The molecule has 0 heterocycles. The molecule has 18 heavy (non-hydrogen) atoms. The first kappa shape index (κ1) is 14.6. The van der Waals surface area contributed by atoms with E-state index in [-0.39, 0.29) is 12.8 Å². The minimum absolute atomic E-state index is 0.0908. The zero-order chi connectivity index (χ0) is 13.6. The van der Waals surface area contributed by atoms with E-state index in [2.05, 4.69) is 4.74 Å². The Morgan fingerprint density at radius 3 is 2.56 bits per heavy atom. The number of benzene rings is 1. The predicted molar refractivity (Wildman–Crippen MR) is 64.3 cm³/mol. The Hall–Kier alpha value is -1.49. The predicted octanol–water partition coefficient (Wildman–Crippen LogP) is 2.14. The maximum Gasteiger partial charge on any atom is 0.322 e. The van der Waals surface area contributed by atoms with Gasteiger partial charge in [0, 0.05) is 12.8 Å². The van der Waals surface area contributed by atoms with Crippen molar-refractivity contribution >= 4 is 5.97 Å². The third-order valence-electron chi connectivity index (χ3n) is 2.63. The zero-order valence-electron chi connectivity index (χ0n) is 10.2. The number of carbonyl (C=O) groups is 1. The molecule has 1 atom stereocenters. The highest BCUT2D eigenvalue weighted by Crippen LogP contribution is 2.26. The van der Waals surface area contributed by atoms with Crippen LogP contribution < -0.4 is 5.73 Å². The molecule has 1 aromatic rings. The Morgan fingerprint density at radius 1 is 1.39 bits per heavy atom. The summed E-state index contributed by atoms with van der Waals surface area (Å²) in [6.07, 6.45) is -0.869. The molecule has 1 rings (SSSR count). The van der Waals surface area contributed by atoms with Gasteiger partial charge in [-0.2, -0.15) is 0 Å². The molecule has 0 saturated heterocycles. The summed E-state index contributed by atoms with van der Waals surface area (Å²) in [7, 11) is 1.18. The monoisotopic (exact) mass is 257 g/mol. The van der Waals surface area contributed by atoms with Crippen LogP contribution in [0.5, 0.6) is 0 Å². The van der Waals surface area contributed by atoms with Crippen LogP contribution in [-0.2, 0) is 16.0 Å². The average molecular weight is 257 g/mol. The molecule has 0 spiro atoms. The second kappa shape index (κ2) is 6.44. The SMILES string of the molecule is COC(=O)[C@@H](N)CCC(F)(F)Cc1ccccc1. The van der Waals surface area contributed by atoms with Crippen LogP contribution in [-0.4, -0.2) is 25.0 Å². The fraction of sp³-hybridized carbons (Fsp3) is 0.462. The van der Waals surface area contributed by atoms with Crippen molar-refractivity contribution < 1.29 is 18.3 Å². The number of carbonyl (C=O) groups excluding carboxylic acids is 1. The van der Waals surface area contributed by atoms with Crippen molar-refractivity contribution in [1.29, 1.82) is 0 Å². The molecule has 0 amide bonds. The average Bonchev–Trinajstić information content (AvgIpc) is 2.35. The van der Waals surface area contributed by atoms with Gasteiger partial charge in [-0.05, 0) is 12.0 Å². The maximum atomic E-state index is 13.6. The van der Waals surface area contributed by atoms with Gasteiger partial charge in [0.2, 0.25) is 0 Å². The van der Waals surface area contributed by atoms with Gasteiger partial charge in [0.25, 0.3) is 5.92 Å². The van der Waals surface area contributed by atoms with E-state index in [4.69, 9.17) is 5.73 Å². The van der Waals surface area contributed by atoms with Crippen molar-refractivity contribution in [1.82, 2.24) is 0 Å². The molecule has 0 aromatic heterocycles. The van der Waals surface area contributed by atoms with Gasteiger partial charge in [-0.15, -0.1) is 0 Å². The summed E-state index contributed by atoms with van der Waals surface area (Å²) in [5.74, 6) is -3.53. The van der Waals surface area contributed by atoms with Gasteiger partial charge in [-0.1, -0.05) is 30.3 Å². The Balaban J connectivity index is 2.47. The molecular weight excluding hydrogens is 240 g/mol. The largest absolute Gasteiger partial charge is 0.468 e. The highest BCUT2D eigenvalue weighted by Gasteiger charge is 2.30. The van der Waals surface area contributed by atoms with Gasteiger partial charge in [-0.3, -0.25) is 4.79 Å². The topological polar surface area (TPSA) is 52.3 Å². The summed E-state index contributed by atoms with van der Waals surface area (Å²) in [6.45, 7) is 0. The number of alkyl halides is 2. The number of esters is 1. The lowest BCUT2D eigenvalue weighted by Gasteiger charge is -2.18. The molecule has 0 aliphatic heterocycles. The first-order chi connectivity index (χ1) is 8.44. The van der Waals surface area contributed by atoms with E-state index in [9.17, 15) is 13.6 Å². The molecule has 0 radical (unpaired) electrons. The van der Waals surface area contributed by atoms with Gasteiger partial charge in [0.1, 0.15) is 6.04 Å². The van der Waals surface area contributed by atoms with E-state index < -0.39 is 24.4 Å². The summed E-state index contributed by atoms with van der Waals surface area (Å²) in [6, 6.07) is 7.51. The molecule has 2 N–H and O–H groups in total. The zero-order valence-corrected chi connectivity index (χ0v) is 10.2. The van der Waals surface area contributed by atoms with E-state index in [0.717, 1.165) is 0 Å². The summed E-state index contributed by atoms with van der Waals surface area (Å²) < 4.78 is 31.6. The minimum atomic E-state index is -2.87. The number of nitrogens with two attached hydrogens (primary N) is 1. The molecule has 1 aromatic carbocycles. The van der Waals surface area contributed by atoms with E-state index in [1.165, 1.54) is 7.11 Å². The molecule has 100 valence electrons. The first-order valence-corrected chi connectivity index (χ1v) is 5.70. The third kappa shape index (κ3) is 4.79. The van der Waals surface area contributed by atoms with E-state index in [1.54, 1.807) is 30.3 Å². The van der Waals surface area contributed by atoms with Gasteiger partial charge in [-0.25, -0.2) is 8.78 Å². The Morgan fingerprint density at radius 2 is 2.00 bits per heavy atom. The highest BCUT2D eigenvalue weighted by molar-refractivity contribution is 5.75. The van der Waals surface area contributed by atoms with Crippen LogP contribution in [0.4, 0.5) is 8.78 Å². The summed E-state index contributed by atoms with van der Waals surface area (Å²) in [5.41, 5.74) is 5.98. The first-order valence-electron chi connectivity index (χ1n) is 5.70. The quantitative estimate of drug-likeness (QED) is 0.794. The van der Waals surface area contributed by atoms with Crippen LogP contribution in [0, 0.1) is 0 Å². The third-order valence-corrected chi connectivity index (χ3v) is 2.63. The molecule has 0 fully saturated rings. The molecule has 0 unspecified atom stereocenters. The van der Waals surface area contributed by atoms with Crippen molar-refractivity contribution in [2.24, 2.45) is 5.73 Å². The van der Waals surface area contributed by atoms with Crippen molar-refractivity contribution in [3.63, 3.8) is 0 Å². The number of halogens is 2. The van der Waals surface area contributed by atoms with Crippen LogP contribution in [0.3, 0.4) is 0 Å². The molecule has 0 aliphatic rings. The fourth-order valence-electron chi connectivity index (χ4n) is 1.62. The number of rotatable bonds is 6. The normalized spacial score (nSPS) is 13.1. The van der Waals surface area contributed by atoms with Crippen LogP contribution in [0.15, 0.2) is 30.3 Å². The second-order valence-electron chi connectivity index (χ2n) is 4.19. The molecular formula is C13H17F2NO2. The van der Waals surface area contributed by atoms with Gasteiger partial charge >= 0.3 is 5.97 Å². The van der Waals surface area contributed by atoms with Crippen LogP contribution >= 0.6 is 0 Å². The van der Waals surface area contributed by atoms with E-state index in [1.807, 2.05) is 0 Å². The fourth-order valence-corrected chi connectivity index (χ4v) is 1.62. The molecule has 0 saturated carbocycles. The number of methoxy groups -OCH3 is 1. The lowest BCUT2D eigenvalue weighted by Crippen LogP contribution is -2.34. The van der Waals surface area contributed by atoms with Gasteiger partial charge in [0.15, 0.2) is 0 Å². The number of hydrogen-bond donors (Lipinski definition) is 1. The number of hydrogen-bond acceptors (Lipinski definition) is 3. The van der Waals surface area contributed by atoms with Gasteiger partial charge in [0.05, 0.1) is 7.11 Å². The maximum absolute atomic E-state index is 13.6. The molecule has 0 bridgehead atoms. The molecule has 5 heteroatoms. The highest BCUT2D eigenvalue weighted by atomic mass is 19.3. The summed E-state index contributed by atoms with van der Waals surface area (Å²) in [5, 5.41) is 0. The van der Waals surface area contributed by atoms with Crippen molar-refractivity contribution in [2.75, 3.05) is 7.11 Å². The van der Waals surface area contributed by atoms with Crippen molar-refractivity contribution in [2.45, 2.75) is 31.2 Å². The summed E-state index contributed by atoms with van der Waals surface area (Å²) >= 11 is 0. The lowest BCUT2D eigenvalue weighted by atomic mass is 10.0. The summed E-state index contributed by atoms with van der Waals surface area (Å²) in [4.78, 5) is 11.0. The Bertz CT molecular complexity index is 382. The number of ether oxygens (including phenoxy) is 1. The minimum Gasteiger partial charge on any atom is -0.468 e. The van der Waals surface area contributed by atoms with Crippen LogP contribution in [0.25, 0.3) is 0 Å². The molecule has 3 nitrogen and oxygen atoms in total. The lowest BCUT2D eigenvalue weighted by molar-refractivity contribution is -0.142. The van der Waals surface area contributed by atoms with Crippen molar-refractivity contribution in [3.05, 3.63) is 35.9 Å². The van der Waals surface area contributed by atoms with E-state index >= 15 is 0 Å². The second-order valence-corrected chi connectivity index (χ2v) is 4.19. The standard InChI is InChI=1S/C13H17F2NO2/c1-18-12(17)11(16)7-8-13(14,15)9-10-5-3-2-4-6-10/h2-6,11H,7-9,16H2,1H3/t11-/m0/s1. The van der Waals surface area contributed by atoms with Crippen molar-refractivity contribution in [3.8, 4) is 0 Å². The van der Waals surface area contributed by atoms with Crippen LogP contribution in [0.2, 0.25) is 0 Å². The van der Waals surface area contributed by atoms with Crippen LogP contribution in [0.1, 0.15) is 18.4 Å². The Kier molecular flexibility index (Phi) is 5.22. The van der Waals surface area contributed by atoms with E-state index in [0.29, 0.717) is 5.56 Å². The smallest absolute Gasteiger partial charge is 0.322 e. The molecule has 0 aliphatic carbocycles. The van der Waals surface area contributed by atoms with Gasteiger partial charge < -0.3 is 10.5 Å².